The molecule has 2 aromatic rings. The summed E-state index contributed by atoms with van der Waals surface area (Å²) < 4.78 is 34.0. The number of ether oxygens (including phenoxy) is 1. The highest BCUT2D eigenvalue weighted by Crippen LogP contribution is 2.26. The maximum absolute atomic E-state index is 14.0. The molecule has 5 heteroatoms. The van der Waals surface area contributed by atoms with E-state index in [2.05, 4.69) is 11.7 Å². The third-order valence-corrected chi connectivity index (χ3v) is 2.60. The van der Waals surface area contributed by atoms with Crippen LogP contribution in [0.4, 0.5) is 8.78 Å². The maximum atomic E-state index is 14.0. The molecule has 0 saturated heterocycles. The smallest absolute Gasteiger partial charge is 0.152 e. The molecule has 0 amide bonds. The van der Waals surface area contributed by atoms with Gasteiger partial charge in [-0.2, -0.15) is 5.10 Å². The molecular formula is C14H14F2N2O. The van der Waals surface area contributed by atoms with Crippen LogP contribution in [0.3, 0.4) is 0 Å². The molecule has 2 rings (SSSR count). The monoisotopic (exact) mass is 264 g/mol. The Morgan fingerprint density at radius 2 is 2.16 bits per heavy atom. The molecule has 0 atom stereocenters. The predicted octanol–water partition coefficient (Wildman–Crippen LogP) is 3.47. The minimum absolute atomic E-state index is 0.132. The van der Waals surface area contributed by atoms with Gasteiger partial charge < -0.3 is 4.74 Å². The molecule has 0 aliphatic carbocycles. The summed E-state index contributed by atoms with van der Waals surface area (Å²) in [7, 11) is 0. The molecule has 1 aromatic carbocycles. The third-order valence-electron chi connectivity index (χ3n) is 2.60. The Hall–Kier alpha value is -2.17. The summed E-state index contributed by atoms with van der Waals surface area (Å²) in [6, 6.07) is 3.73. The highest BCUT2D eigenvalue weighted by Gasteiger charge is 2.17. The molecule has 3 nitrogen and oxygen atoms in total. The molecular weight excluding hydrogens is 250 g/mol. The van der Waals surface area contributed by atoms with Crippen LogP contribution in [0.2, 0.25) is 0 Å². The number of hydrogen-bond acceptors (Lipinski definition) is 2. The molecule has 0 spiro atoms. The molecule has 0 fully saturated rings. The molecule has 0 N–H and O–H groups in total. The van der Waals surface area contributed by atoms with E-state index in [0.29, 0.717) is 6.61 Å². The zero-order chi connectivity index (χ0) is 14.0. The second-order valence-corrected chi connectivity index (χ2v) is 4.04. The Morgan fingerprint density at radius 3 is 2.74 bits per heavy atom. The largest absolute Gasteiger partial charge is 0.494 e. The van der Waals surface area contributed by atoms with Crippen LogP contribution in [0.5, 0.6) is 0 Å². The molecule has 0 aliphatic heterocycles. The fourth-order valence-corrected chi connectivity index (χ4v) is 1.80. The number of aromatic nitrogens is 2. The standard InChI is InChI=1S/C14H14F2N2O/c1-4-19-10(3)12-7-11(15)8-13(16)14(12)18-6-5-9(2)17-18/h5-8H,3-4H2,1-2H3. The van der Waals surface area contributed by atoms with E-state index in [-0.39, 0.29) is 17.0 Å². The van der Waals surface area contributed by atoms with Crippen molar-refractivity contribution in [2.75, 3.05) is 6.61 Å². The van der Waals surface area contributed by atoms with Gasteiger partial charge in [0.25, 0.3) is 0 Å². The maximum Gasteiger partial charge on any atom is 0.152 e. The second kappa shape index (κ2) is 5.22. The second-order valence-electron chi connectivity index (χ2n) is 4.04. The van der Waals surface area contributed by atoms with Crippen molar-refractivity contribution >= 4 is 5.76 Å². The van der Waals surface area contributed by atoms with Crippen LogP contribution in [0.15, 0.2) is 31.0 Å². The summed E-state index contributed by atoms with van der Waals surface area (Å²) in [5.41, 5.74) is 1.12. The van der Waals surface area contributed by atoms with Crippen LogP contribution < -0.4 is 0 Å². The third kappa shape index (κ3) is 2.65. The topological polar surface area (TPSA) is 27.1 Å². The number of halogens is 2. The normalized spacial score (nSPS) is 10.5. The molecule has 0 radical (unpaired) electrons. The Kier molecular flexibility index (Phi) is 3.64. The Morgan fingerprint density at radius 1 is 1.42 bits per heavy atom. The lowest BCUT2D eigenvalue weighted by atomic mass is 10.1. The average molecular weight is 264 g/mol. The summed E-state index contributed by atoms with van der Waals surface area (Å²) in [5, 5.41) is 4.13. The van der Waals surface area contributed by atoms with Crippen molar-refractivity contribution in [1.29, 1.82) is 0 Å². The Balaban J connectivity index is 2.61. The summed E-state index contributed by atoms with van der Waals surface area (Å²) >= 11 is 0. The van der Waals surface area contributed by atoms with Gasteiger partial charge in [-0.25, -0.2) is 13.5 Å². The minimum atomic E-state index is -0.709. The van der Waals surface area contributed by atoms with E-state index in [9.17, 15) is 8.78 Å². The van der Waals surface area contributed by atoms with E-state index in [1.165, 1.54) is 10.7 Å². The molecule has 100 valence electrons. The molecule has 0 unspecified atom stereocenters. The summed E-state index contributed by atoms with van der Waals surface area (Å²) in [6.07, 6.45) is 1.61. The lowest BCUT2D eigenvalue weighted by molar-refractivity contribution is 0.298. The van der Waals surface area contributed by atoms with E-state index >= 15 is 0 Å². The summed E-state index contributed by atoms with van der Waals surface area (Å²) in [6.45, 7) is 7.63. The lowest BCUT2D eigenvalue weighted by Crippen LogP contribution is -2.06. The zero-order valence-corrected chi connectivity index (χ0v) is 10.8. The average Bonchev–Trinajstić information content (AvgIpc) is 2.74. The van der Waals surface area contributed by atoms with Crippen molar-refractivity contribution < 1.29 is 13.5 Å². The van der Waals surface area contributed by atoms with Crippen molar-refractivity contribution in [3.05, 3.63) is 53.9 Å². The molecule has 0 aliphatic rings. The van der Waals surface area contributed by atoms with Crippen LogP contribution in [-0.4, -0.2) is 16.4 Å². The number of benzene rings is 1. The van der Waals surface area contributed by atoms with Crippen LogP contribution in [0, 0.1) is 18.6 Å². The lowest BCUT2D eigenvalue weighted by Gasteiger charge is -2.13. The predicted molar refractivity (Wildman–Crippen MR) is 68.9 cm³/mol. The Labute approximate surface area is 110 Å². The number of hydrogen-bond donors (Lipinski definition) is 0. The summed E-state index contributed by atoms with van der Waals surface area (Å²) in [5.74, 6) is -1.18. The quantitative estimate of drug-likeness (QED) is 0.791. The van der Waals surface area contributed by atoms with Gasteiger partial charge in [-0.05, 0) is 26.0 Å². The van der Waals surface area contributed by atoms with Gasteiger partial charge in [-0.1, -0.05) is 6.58 Å². The van der Waals surface area contributed by atoms with Gasteiger partial charge in [0.2, 0.25) is 0 Å². The zero-order valence-electron chi connectivity index (χ0n) is 10.8. The van der Waals surface area contributed by atoms with E-state index in [1.807, 2.05) is 0 Å². The number of nitrogens with zero attached hydrogens (tertiary/aromatic N) is 2. The van der Waals surface area contributed by atoms with Crippen molar-refractivity contribution in [3.63, 3.8) is 0 Å². The van der Waals surface area contributed by atoms with Gasteiger partial charge in [0.05, 0.1) is 12.3 Å². The van der Waals surface area contributed by atoms with Gasteiger partial charge in [0.15, 0.2) is 5.82 Å². The van der Waals surface area contributed by atoms with Gasteiger partial charge >= 0.3 is 0 Å². The van der Waals surface area contributed by atoms with E-state index in [0.717, 1.165) is 11.8 Å². The molecule has 1 heterocycles. The SMILES string of the molecule is C=C(OCC)c1cc(F)cc(F)c1-n1ccc(C)n1. The fraction of sp³-hybridized carbons (Fsp3) is 0.214. The van der Waals surface area contributed by atoms with Gasteiger partial charge in [-0.3, -0.25) is 0 Å². The number of aryl methyl sites for hydroxylation is 1. The first-order valence-electron chi connectivity index (χ1n) is 5.86. The summed E-state index contributed by atoms with van der Waals surface area (Å²) in [4.78, 5) is 0. The fourth-order valence-electron chi connectivity index (χ4n) is 1.80. The van der Waals surface area contributed by atoms with Crippen LogP contribution in [-0.2, 0) is 4.74 Å². The van der Waals surface area contributed by atoms with Gasteiger partial charge in [0.1, 0.15) is 17.3 Å². The van der Waals surface area contributed by atoms with Gasteiger partial charge in [-0.15, -0.1) is 0 Å². The first-order chi connectivity index (χ1) is 9.02. The van der Waals surface area contributed by atoms with Crippen molar-refractivity contribution in [1.82, 2.24) is 9.78 Å². The minimum Gasteiger partial charge on any atom is -0.494 e. The number of rotatable bonds is 4. The van der Waals surface area contributed by atoms with Crippen molar-refractivity contribution in [3.8, 4) is 5.69 Å². The first-order valence-corrected chi connectivity index (χ1v) is 5.86. The molecule has 0 bridgehead atoms. The van der Waals surface area contributed by atoms with Crippen LogP contribution >= 0.6 is 0 Å². The first kappa shape index (κ1) is 13.3. The van der Waals surface area contributed by atoms with Crippen molar-refractivity contribution in [2.45, 2.75) is 13.8 Å². The Bertz CT molecular complexity index is 620. The van der Waals surface area contributed by atoms with Crippen LogP contribution in [0.1, 0.15) is 18.2 Å². The van der Waals surface area contributed by atoms with E-state index in [1.54, 1.807) is 26.1 Å². The molecule has 0 saturated carbocycles. The molecule has 19 heavy (non-hydrogen) atoms. The highest BCUT2D eigenvalue weighted by atomic mass is 19.1. The highest BCUT2D eigenvalue weighted by molar-refractivity contribution is 5.67. The van der Waals surface area contributed by atoms with E-state index in [4.69, 9.17) is 4.74 Å². The van der Waals surface area contributed by atoms with Gasteiger partial charge in [0, 0.05) is 17.8 Å². The van der Waals surface area contributed by atoms with Crippen molar-refractivity contribution in [2.24, 2.45) is 0 Å². The van der Waals surface area contributed by atoms with Crippen LogP contribution in [0.25, 0.3) is 11.4 Å². The molecule has 1 aromatic heterocycles. The van der Waals surface area contributed by atoms with E-state index < -0.39 is 11.6 Å².